The molecule has 8 nitrogen and oxygen atoms in total. The Balaban J connectivity index is 1.82. The molecule has 0 saturated carbocycles. The number of nitrogens with zero attached hydrogens (tertiary/aromatic N) is 1. The third-order valence-corrected chi connectivity index (χ3v) is 6.15. The monoisotopic (exact) mass is 517 g/mol. The van der Waals surface area contributed by atoms with Crippen LogP contribution in [-0.4, -0.2) is 46.6 Å². The van der Waals surface area contributed by atoms with Crippen molar-refractivity contribution in [1.29, 1.82) is 0 Å². The van der Waals surface area contributed by atoms with E-state index in [0.29, 0.717) is 29.2 Å². The second-order valence-corrected chi connectivity index (χ2v) is 9.13. The summed E-state index contributed by atoms with van der Waals surface area (Å²) >= 11 is 0. The zero-order valence-corrected chi connectivity index (χ0v) is 21.8. The average molecular weight is 518 g/mol. The predicted octanol–water partition coefficient (Wildman–Crippen LogP) is 5.21. The van der Waals surface area contributed by atoms with Crippen molar-refractivity contribution in [2.24, 2.45) is 0 Å². The number of hydrogen-bond donors (Lipinski definition) is 2. The van der Waals surface area contributed by atoms with Gasteiger partial charge in [-0.15, -0.1) is 0 Å². The number of aromatic hydroxyl groups is 1. The minimum Gasteiger partial charge on any atom is -0.507 e. The standard InChI is InChI=1S/C30H31NO7/c1-5-37-25-16-21(10-15-24(25)32)27-26(28(33)20-8-13-23(14-9-20)38-18(2)3)29(34)30(35)31(27)17-19-6-11-22(36-4)12-7-19/h6-16,18,27,32-33H,5,17H2,1-4H3/b28-26-. The van der Waals surface area contributed by atoms with Crippen molar-refractivity contribution in [3.05, 3.63) is 89.0 Å². The predicted molar refractivity (Wildman–Crippen MR) is 142 cm³/mol. The molecule has 1 heterocycles. The fourth-order valence-electron chi connectivity index (χ4n) is 4.41. The van der Waals surface area contributed by atoms with E-state index >= 15 is 0 Å². The van der Waals surface area contributed by atoms with E-state index in [1.54, 1.807) is 62.6 Å². The molecular formula is C30H31NO7. The molecule has 1 aliphatic rings. The van der Waals surface area contributed by atoms with Crippen molar-refractivity contribution in [3.8, 4) is 23.0 Å². The van der Waals surface area contributed by atoms with Gasteiger partial charge in [0.25, 0.3) is 11.7 Å². The fourth-order valence-corrected chi connectivity index (χ4v) is 4.41. The van der Waals surface area contributed by atoms with Crippen LogP contribution in [0.25, 0.3) is 5.76 Å². The Morgan fingerprint density at radius 3 is 2.24 bits per heavy atom. The maximum Gasteiger partial charge on any atom is 0.295 e. The zero-order chi connectivity index (χ0) is 27.4. The van der Waals surface area contributed by atoms with Gasteiger partial charge in [-0.05, 0) is 80.4 Å². The van der Waals surface area contributed by atoms with Crippen molar-refractivity contribution >= 4 is 17.4 Å². The number of phenols is 1. The molecular weight excluding hydrogens is 486 g/mol. The first-order valence-corrected chi connectivity index (χ1v) is 12.4. The quantitative estimate of drug-likeness (QED) is 0.228. The number of aliphatic hydroxyl groups is 1. The first-order chi connectivity index (χ1) is 18.2. The number of methoxy groups -OCH3 is 1. The summed E-state index contributed by atoms with van der Waals surface area (Å²) in [6.45, 7) is 6.03. The van der Waals surface area contributed by atoms with E-state index in [-0.39, 0.29) is 35.5 Å². The van der Waals surface area contributed by atoms with Gasteiger partial charge in [-0.1, -0.05) is 18.2 Å². The second-order valence-electron chi connectivity index (χ2n) is 9.13. The number of Topliss-reactive ketones (excluding diaryl/α,β-unsaturated/α-hetero) is 1. The summed E-state index contributed by atoms with van der Waals surface area (Å²) in [5, 5.41) is 21.6. The molecule has 4 rings (SSSR count). The van der Waals surface area contributed by atoms with Gasteiger partial charge >= 0.3 is 0 Å². The largest absolute Gasteiger partial charge is 0.507 e. The van der Waals surface area contributed by atoms with Crippen LogP contribution in [0.15, 0.2) is 72.3 Å². The van der Waals surface area contributed by atoms with Crippen molar-refractivity contribution in [2.75, 3.05) is 13.7 Å². The molecule has 198 valence electrons. The molecule has 1 amide bonds. The van der Waals surface area contributed by atoms with E-state index in [4.69, 9.17) is 14.2 Å². The molecule has 0 aromatic heterocycles. The summed E-state index contributed by atoms with van der Waals surface area (Å²) in [5.74, 6) is -0.399. The number of carbonyl (C=O) groups is 2. The highest BCUT2D eigenvalue weighted by molar-refractivity contribution is 6.46. The first kappa shape index (κ1) is 26.6. The first-order valence-electron chi connectivity index (χ1n) is 12.4. The molecule has 0 bridgehead atoms. The molecule has 1 saturated heterocycles. The average Bonchev–Trinajstić information content (AvgIpc) is 3.15. The van der Waals surface area contributed by atoms with E-state index in [1.807, 2.05) is 26.0 Å². The smallest absolute Gasteiger partial charge is 0.295 e. The van der Waals surface area contributed by atoms with Crippen LogP contribution in [-0.2, 0) is 16.1 Å². The Kier molecular flexibility index (Phi) is 7.90. The minimum absolute atomic E-state index is 0.0215. The number of likely N-dealkylation sites (tertiary alicyclic amines) is 1. The maximum absolute atomic E-state index is 13.4. The summed E-state index contributed by atoms with van der Waals surface area (Å²) in [7, 11) is 1.57. The number of benzene rings is 3. The molecule has 0 spiro atoms. The lowest BCUT2D eigenvalue weighted by Crippen LogP contribution is -2.29. The van der Waals surface area contributed by atoms with Crippen molar-refractivity contribution < 1.29 is 34.0 Å². The van der Waals surface area contributed by atoms with E-state index in [1.165, 1.54) is 11.0 Å². The van der Waals surface area contributed by atoms with Gasteiger partial charge in [-0.3, -0.25) is 9.59 Å². The Labute approximate surface area is 221 Å². The zero-order valence-electron chi connectivity index (χ0n) is 21.8. The second kappa shape index (κ2) is 11.3. The van der Waals surface area contributed by atoms with Crippen LogP contribution in [0.4, 0.5) is 0 Å². The van der Waals surface area contributed by atoms with Gasteiger partial charge in [0.1, 0.15) is 17.3 Å². The van der Waals surface area contributed by atoms with Gasteiger partial charge in [-0.2, -0.15) is 0 Å². The Morgan fingerprint density at radius 2 is 1.63 bits per heavy atom. The highest BCUT2D eigenvalue weighted by atomic mass is 16.5. The molecule has 1 aliphatic heterocycles. The van der Waals surface area contributed by atoms with Crippen LogP contribution < -0.4 is 14.2 Å². The third kappa shape index (κ3) is 5.44. The number of ether oxygens (including phenoxy) is 3. The molecule has 38 heavy (non-hydrogen) atoms. The van der Waals surface area contributed by atoms with E-state index in [9.17, 15) is 19.8 Å². The number of amides is 1. The molecule has 1 atom stereocenters. The van der Waals surface area contributed by atoms with Crippen molar-refractivity contribution in [1.82, 2.24) is 4.90 Å². The molecule has 3 aromatic rings. The molecule has 3 aromatic carbocycles. The lowest BCUT2D eigenvalue weighted by Gasteiger charge is -2.26. The van der Waals surface area contributed by atoms with Gasteiger partial charge in [0.15, 0.2) is 11.5 Å². The number of hydrogen-bond acceptors (Lipinski definition) is 7. The molecule has 2 N–H and O–H groups in total. The van der Waals surface area contributed by atoms with Gasteiger partial charge in [-0.25, -0.2) is 0 Å². The summed E-state index contributed by atoms with van der Waals surface area (Å²) in [4.78, 5) is 28.1. The molecule has 8 heteroatoms. The van der Waals surface area contributed by atoms with Crippen LogP contribution in [0.3, 0.4) is 0 Å². The normalized spacial score (nSPS) is 16.7. The topological polar surface area (TPSA) is 106 Å². The highest BCUT2D eigenvalue weighted by Crippen LogP contribution is 2.42. The van der Waals surface area contributed by atoms with Crippen molar-refractivity contribution in [3.63, 3.8) is 0 Å². The van der Waals surface area contributed by atoms with Crippen molar-refractivity contribution in [2.45, 2.75) is 39.5 Å². The SMILES string of the molecule is CCOc1cc(C2/C(=C(/O)c3ccc(OC(C)C)cc3)C(=O)C(=O)N2Cc2ccc(OC)cc2)ccc1O. The van der Waals surface area contributed by atoms with Crippen LogP contribution in [0.2, 0.25) is 0 Å². The Bertz CT molecular complexity index is 1340. The van der Waals surface area contributed by atoms with Gasteiger partial charge in [0.2, 0.25) is 0 Å². The summed E-state index contributed by atoms with van der Waals surface area (Å²) < 4.78 is 16.4. The Hall–Kier alpha value is -4.46. The lowest BCUT2D eigenvalue weighted by molar-refractivity contribution is -0.140. The van der Waals surface area contributed by atoms with Gasteiger partial charge < -0.3 is 29.3 Å². The van der Waals surface area contributed by atoms with Crippen LogP contribution in [0, 0.1) is 0 Å². The van der Waals surface area contributed by atoms with Crippen LogP contribution in [0.5, 0.6) is 23.0 Å². The number of rotatable bonds is 9. The van der Waals surface area contributed by atoms with Crippen LogP contribution in [0.1, 0.15) is 43.5 Å². The lowest BCUT2D eigenvalue weighted by atomic mass is 9.94. The molecule has 0 radical (unpaired) electrons. The summed E-state index contributed by atoms with van der Waals surface area (Å²) in [5.41, 5.74) is 1.61. The summed E-state index contributed by atoms with van der Waals surface area (Å²) in [6, 6.07) is 17.6. The number of aliphatic hydroxyl groups excluding tert-OH is 1. The van der Waals surface area contributed by atoms with Gasteiger partial charge in [0.05, 0.1) is 31.4 Å². The highest BCUT2D eigenvalue weighted by Gasteiger charge is 2.46. The number of ketones is 1. The number of carbonyl (C=O) groups excluding carboxylic acids is 2. The maximum atomic E-state index is 13.4. The summed E-state index contributed by atoms with van der Waals surface area (Å²) in [6.07, 6.45) is -0.0215. The van der Waals surface area contributed by atoms with Gasteiger partial charge in [0, 0.05) is 12.1 Å². The molecule has 1 fully saturated rings. The minimum atomic E-state index is -0.913. The van der Waals surface area contributed by atoms with E-state index < -0.39 is 17.7 Å². The number of phenolic OH excluding ortho intramolecular Hbond substituents is 1. The van der Waals surface area contributed by atoms with Crippen LogP contribution >= 0.6 is 0 Å². The van der Waals surface area contributed by atoms with E-state index in [0.717, 1.165) is 5.56 Å². The Morgan fingerprint density at radius 1 is 0.974 bits per heavy atom. The fraction of sp³-hybridized carbons (Fsp3) is 0.267. The third-order valence-electron chi connectivity index (χ3n) is 6.15. The van der Waals surface area contributed by atoms with E-state index in [2.05, 4.69) is 0 Å². The molecule has 1 unspecified atom stereocenters. The molecule has 0 aliphatic carbocycles.